The van der Waals surface area contributed by atoms with E-state index < -0.39 is 33.1 Å². The van der Waals surface area contributed by atoms with Crippen LogP contribution in [0, 0.1) is 10.1 Å². The molecule has 0 unspecified atom stereocenters. The van der Waals surface area contributed by atoms with Gasteiger partial charge in [-0.25, -0.2) is 13.8 Å². The predicted molar refractivity (Wildman–Crippen MR) is 123 cm³/mol. The lowest BCUT2D eigenvalue weighted by Gasteiger charge is -2.23. The van der Waals surface area contributed by atoms with Gasteiger partial charge in [0.2, 0.25) is 0 Å². The fraction of sp³-hybridized carbons (Fsp3) is 0.0476. The van der Waals surface area contributed by atoms with Gasteiger partial charge in [-0.2, -0.15) is 5.10 Å². The van der Waals surface area contributed by atoms with Crippen molar-refractivity contribution in [2.75, 3.05) is 10.8 Å². The van der Waals surface area contributed by atoms with Gasteiger partial charge in [0, 0.05) is 16.6 Å². The molecular weight excluding hydrogens is 516 g/mol. The molecule has 0 bridgehead atoms. The molecule has 3 aromatic rings. The molecule has 0 radical (unpaired) electrons. The zero-order valence-corrected chi connectivity index (χ0v) is 19.2. The lowest BCUT2D eigenvalue weighted by molar-refractivity contribution is -0.385. The minimum atomic E-state index is -4.09. The number of hydrogen-bond acceptors (Lipinski definition) is 7. The average Bonchev–Trinajstić information content (AvgIpc) is 2.79. The quantitative estimate of drug-likeness (QED) is 0.268. The minimum Gasteiger partial charge on any atom is -0.872 e. The highest BCUT2D eigenvalue weighted by Crippen LogP contribution is 2.26. The van der Waals surface area contributed by atoms with E-state index in [1.807, 2.05) is 0 Å². The number of nitro benzene ring substituents is 1. The molecule has 0 aromatic heterocycles. The monoisotopic (exact) mass is 531 g/mol. The van der Waals surface area contributed by atoms with Crippen molar-refractivity contribution in [1.82, 2.24) is 5.43 Å². The molecule has 33 heavy (non-hydrogen) atoms. The van der Waals surface area contributed by atoms with E-state index in [-0.39, 0.29) is 21.8 Å². The molecule has 1 N–H and O–H groups in total. The van der Waals surface area contributed by atoms with Crippen molar-refractivity contribution in [1.29, 1.82) is 0 Å². The Bertz CT molecular complexity index is 1320. The van der Waals surface area contributed by atoms with Crippen molar-refractivity contribution in [3.8, 4) is 5.75 Å². The second kappa shape index (κ2) is 10.2. The molecule has 0 aliphatic carbocycles. The molecule has 3 aromatic carbocycles. The Labute approximate surface area is 197 Å². The summed E-state index contributed by atoms with van der Waals surface area (Å²) in [6, 6.07) is 17.1. The third-order valence-electron chi connectivity index (χ3n) is 4.31. The fourth-order valence-electron chi connectivity index (χ4n) is 2.76. The van der Waals surface area contributed by atoms with E-state index in [0.717, 1.165) is 28.7 Å². The number of benzene rings is 3. The van der Waals surface area contributed by atoms with Crippen LogP contribution in [0.15, 0.2) is 87.3 Å². The number of non-ortho nitro benzene ring substituents is 1. The number of nitro groups is 1. The standard InChI is InChI=1S/C21H17BrN4O6S/c22-16-5-4-6-17(12-16)25(33(31,32)19-7-2-1-3-8-19)14-21(28)24-23-13-15-11-18(26(29)30)9-10-20(15)27/h1-13,27H,14H2,(H,24,28)/p-1/b23-13-. The summed E-state index contributed by atoms with van der Waals surface area (Å²) in [4.78, 5) is 22.7. The van der Waals surface area contributed by atoms with Crippen LogP contribution >= 0.6 is 15.9 Å². The van der Waals surface area contributed by atoms with Crippen molar-refractivity contribution in [2.24, 2.45) is 5.10 Å². The van der Waals surface area contributed by atoms with E-state index in [1.165, 1.54) is 18.2 Å². The number of rotatable bonds is 8. The number of nitrogens with one attached hydrogen (secondary N) is 1. The highest BCUT2D eigenvalue weighted by molar-refractivity contribution is 9.10. The number of halogens is 1. The maximum Gasteiger partial charge on any atom is 0.270 e. The number of carbonyl (C=O) groups excluding carboxylic acids is 1. The molecule has 0 atom stereocenters. The second-order valence-corrected chi connectivity index (χ2v) is 9.36. The number of sulfonamides is 1. The molecule has 0 aliphatic rings. The Kier molecular flexibility index (Phi) is 7.41. The highest BCUT2D eigenvalue weighted by atomic mass is 79.9. The smallest absolute Gasteiger partial charge is 0.270 e. The summed E-state index contributed by atoms with van der Waals surface area (Å²) in [5.41, 5.74) is 1.98. The molecule has 170 valence electrons. The van der Waals surface area contributed by atoms with E-state index in [1.54, 1.807) is 36.4 Å². The van der Waals surface area contributed by atoms with Gasteiger partial charge < -0.3 is 5.11 Å². The van der Waals surface area contributed by atoms with Crippen LogP contribution in [0.25, 0.3) is 0 Å². The van der Waals surface area contributed by atoms with Gasteiger partial charge >= 0.3 is 0 Å². The summed E-state index contributed by atoms with van der Waals surface area (Å²) >= 11 is 3.29. The lowest BCUT2D eigenvalue weighted by atomic mass is 10.2. The summed E-state index contributed by atoms with van der Waals surface area (Å²) in [6.45, 7) is -0.607. The van der Waals surface area contributed by atoms with E-state index in [9.17, 15) is 28.4 Å². The Morgan fingerprint density at radius 1 is 1.09 bits per heavy atom. The van der Waals surface area contributed by atoms with Crippen LogP contribution < -0.4 is 14.8 Å². The van der Waals surface area contributed by atoms with Crippen molar-refractivity contribution in [3.63, 3.8) is 0 Å². The molecule has 10 nitrogen and oxygen atoms in total. The van der Waals surface area contributed by atoms with E-state index in [2.05, 4.69) is 26.5 Å². The van der Waals surface area contributed by atoms with E-state index in [4.69, 9.17) is 0 Å². The normalized spacial score (nSPS) is 11.3. The first-order valence-corrected chi connectivity index (χ1v) is 11.5. The zero-order chi connectivity index (χ0) is 24.0. The van der Waals surface area contributed by atoms with Crippen molar-refractivity contribution in [2.45, 2.75) is 4.90 Å². The Morgan fingerprint density at radius 3 is 2.48 bits per heavy atom. The van der Waals surface area contributed by atoms with Gasteiger partial charge in [-0.15, -0.1) is 0 Å². The molecule has 0 heterocycles. The Morgan fingerprint density at radius 2 is 1.82 bits per heavy atom. The van der Waals surface area contributed by atoms with Gasteiger partial charge in [-0.1, -0.05) is 52.0 Å². The number of carbonyl (C=O) groups is 1. The summed E-state index contributed by atoms with van der Waals surface area (Å²) < 4.78 is 27.9. The molecule has 3 rings (SSSR count). The van der Waals surface area contributed by atoms with Crippen molar-refractivity contribution < 1.29 is 23.2 Å². The molecule has 0 aliphatic heterocycles. The number of nitrogens with zero attached hydrogens (tertiary/aromatic N) is 3. The van der Waals surface area contributed by atoms with E-state index in [0.29, 0.717) is 4.47 Å². The van der Waals surface area contributed by atoms with Gasteiger partial charge in [0.05, 0.1) is 21.7 Å². The lowest BCUT2D eigenvalue weighted by Crippen LogP contribution is -2.39. The number of hydrogen-bond donors (Lipinski definition) is 1. The van der Waals surface area contributed by atoms with Crippen LogP contribution in [0.3, 0.4) is 0 Å². The van der Waals surface area contributed by atoms with Crippen LogP contribution in [0.2, 0.25) is 0 Å². The van der Waals surface area contributed by atoms with E-state index >= 15 is 0 Å². The van der Waals surface area contributed by atoms with Crippen molar-refractivity contribution in [3.05, 3.63) is 92.9 Å². The third-order valence-corrected chi connectivity index (χ3v) is 6.59. The highest BCUT2D eigenvalue weighted by Gasteiger charge is 2.27. The number of anilines is 1. The van der Waals surface area contributed by atoms with Gasteiger partial charge in [0.25, 0.3) is 21.6 Å². The summed E-state index contributed by atoms with van der Waals surface area (Å²) in [5.74, 6) is -1.32. The summed E-state index contributed by atoms with van der Waals surface area (Å²) in [6.07, 6.45) is 0.961. The molecule has 0 fully saturated rings. The van der Waals surface area contributed by atoms with Gasteiger partial charge in [-0.3, -0.25) is 19.2 Å². The summed E-state index contributed by atoms with van der Waals surface area (Å²) in [5, 5.41) is 26.3. The number of hydrazone groups is 1. The van der Waals surface area contributed by atoms with Crippen LogP contribution in [-0.2, 0) is 14.8 Å². The largest absolute Gasteiger partial charge is 0.872 e. The Balaban J connectivity index is 1.83. The molecule has 0 spiro atoms. The third kappa shape index (κ3) is 5.93. The Hall–Kier alpha value is -3.77. The van der Waals surface area contributed by atoms with Gasteiger partial charge in [0.15, 0.2) is 0 Å². The first kappa shape index (κ1) is 23.9. The summed E-state index contributed by atoms with van der Waals surface area (Å²) in [7, 11) is -4.09. The first-order valence-electron chi connectivity index (χ1n) is 9.29. The molecule has 0 saturated heterocycles. The fourth-order valence-corrected chi connectivity index (χ4v) is 4.58. The van der Waals surface area contributed by atoms with Crippen LogP contribution in [-0.4, -0.2) is 32.0 Å². The number of amides is 1. The maximum atomic E-state index is 13.2. The first-order chi connectivity index (χ1) is 15.7. The predicted octanol–water partition coefficient (Wildman–Crippen LogP) is 2.78. The SMILES string of the molecule is O=C(CN(c1cccc(Br)c1)S(=O)(=O)c1ccccc1)N/N=C\c1cc([N+](=O)[O-])ccc1[O-]. The van der Waals surface area contributed by atoms with Crippen LogP contribution in [0.1, 0.15) is 5.56 Å². The average molecular weight is 532 g/mol. The maximum absolute atomic E-state index is 13.2. The molecule has 12 heteroatoms. The van der Waals surface area contributed by atoms with Crippen molar-refractivity contribution >= 4 is 49.4 Å². The van der Waals surface area contributed by atoms with Gasteiger partial charge in [0.1, 0.15) is 6.54 Å². The molecular formula is C21H16BrN4O6S-. The van der Waals surface area contributed by atoms with Crippen LogP contribution in [0.5, 0.6) is 5.75 Å². The zero-order valence-electron chi connectivity index (χ0n) is 16.8. The second-order valence-electron chi connectivity index (χ2n) is 6.58. The molecule has 1 amide bonds. The van der Waals surface area contributed by atoms with Crippen LogP contribution in [0.4, 0.5) is 11.4 Å². The minimum absolute atomic E-state index is 0.00568. The molecule has 0 saturated carbocycles. The van der Waals surface area contributed by atoms with Gasteiger partial charge in [-0.05, 0) is 35.9 Å². The topological polar surface area (TPSA) is 145 Å².